The smallest absolute Gasteiger partial charge is 0.416 e. The summed E-state index contributed by atoms with van der Waals surface area (Å²) in [6, 6.07) is 16.2. The van der Waals surface area contributed by atoms with Crippen LogP contribution in [0.5, 0.6) is 17.2 Å². The minimum Gasteiger partial charge on any atom is -0.494 e. The molecule has 0 aromatic heterocycles. The van der Waals surface area contributed by atoms with Gasteiger partial charge in [-0.1, -0.05) is 12.1 Å². The summed E-state index contributed by atoms with van der Waals surface area (Å²) in [5, 5.41) is 9.27. The predicted octanol–water partition coefficient (Wildman–Crippen LogP) is 6.62. The molecule has 1 amide bonds. The molecule has 1 atom stereocenters. The lowest BCUT2D eigenvalue weighted by Crippen LogP contribution is -2.37. The van der Waals surface area contributed by atoms with Gasteiger partial charge in [0.15, 0.2) is 6.10 Å². The standard InChI is InChI=1S/C31H33F4NO7/c1-2-40-28(29(37)38)21-22-5-11-25(12-6-22)42-20-18-36(17-3-4-19-41-26-15-9-24(32)10-16-26)30(39)43-27-13-7-23(8-14-27)31(33,34)35/h5-16,28H,2-4,17-21H2,1H3,(H,37,38). The summed E-state index contributed by atoms with van der Waals surface area (Å²) in [5.41, 5.74) is -0.112. The zero-order valence-corrected chi connectivity index (χ0v) is 23.5. The van der Waals surface area contributed by atoms with Crippen molar-refractivity contribution in [2.75, 3.05) is 32.9 Å². The molecule has 232 valence electrons. The minimum absolute atomic E-state index is 0.0362. The van der Waals surface area contributed by atoms with Gasteiger partial charge in [0, 0.05) is 19.6 Å². The largest absolute Gasteiger partial charge is 0.494 e. The molecule has 0 saturated carbocycles. The average molecular weight is 608 g/mol. The molecule has 0 heterocycles. The van der Waals surface area contributed by atoms with Gasteiger partial charge in [0.2, 0.25) is 0 Å². The number of ether oxygens (including phenoxy) is 4. The number of alkyl halides is 3. The maximum Gasteiger partial charge on any atom is 0.416 e. The third kappa shape index (κ3) is 11.5. The first-order valence-corrected chi connectivity index (χ1v) is 13.6. The van der Waals surface area contributed by atoms with Gasteiger partial charge >= 0.3 is 18.2 Å². The Morgan fingerprint density at radius 1 is 0.814 bits per heavy atom. The molecule has 0 radical (unpaired) electrons. The van der Waals surface area contributed by atoms with Crippen LogP contribution in [0.25, 0.3) is 0 Å². The summed E-state index contributed by atoms with van der Waals surface area (Å²) < 4.78 is 73.6. The van der Waals surface area contributed by atoms with E-state index in [0.29, 0.717) is 30.9 Å². The van der Waals surface area contributed by atoms with E-state index in [-0.39, 0.29) is 44.3 Å². The van der Waals surface area contributed by atoms with Crippen LogP contribution in [-0.4, -0.2) is 61.1 Å². The Hall–Kier alpha value is -4.32. The van der Waals surface area contributed by atoms with E-state index in [1.807, 2.05) is 0 Å². The Bertz CT molecular complexity index is 1280. The molecule has 3 aromatic rings. The third-order valence-electron chi connectivity index (χ3n) is 6.17. The molecular weight excluding hydrogens is 574 g/mol. The number of hydrogen-bond acceptors (Lipinski definition) is 6. The lowest BCUT2D eigenvalue weighted by atomic mass is 10.1. The molecule has 3 aromatic carbocycles. The Balaban J connectivity index is 1.55. The number of rotatable bonds is 16. The summed E-state index contributed by atoms with van der Waals surface area (Å²) in [6.45, 7) is 2.77. The van der Waals surface area contributed by atoms with Gasteiger partial charge in [0.25, 0.3) is 0 Å². The van der Waals surface area contributed by atoms with E-state index >= 15 is 0 Å². The van der Waals surface area contributed by atoms with Crippen LogP contribution in [0.4, 0.5) is 22.4 Å². The van der Waals surface area contributed by atoms with E-state index < -0.39 is 29.9 Å². The van der Waals surface area contributed by atoms with E-state index in [9.17, 15) is 32.3 Å². The van der Waals surface area contributed by atoms with E-state index in [0.717, 1.165) is 29.8 Å². The van der Waals surface area contributed by atoms with Gasteiger partial charge < -0.3 is 29.0 Å². The number of benzene rings is 3. The Morgan fingerprint density at radius 3 is 1.98 bits per heavy atom. The summed E-state index contributed by atoms with van der Waals surface area (Å²) in [6.07, 6.45) is -4.96. The first-order valence-electron chi connectivity index (χ1n) is 13.6. The number of carbonyl (C=O) groups excluding carboxylic acids is 1. The number of unbranched alkanes of at least 4 members (excludes halogenated alkanes) is 1. The fourth-order valence-corrected chi connectivity index (χ4v) is 3.93. The summed E-state index contributed by atoms with van der Waals surface area (Å²) >= 11 is 0. The van der Waals surface area contributed by atoms with Crippen molar-refractivity contribution in [1.82, 2.24) is 4.90 Å². The van der Waals surface area contributed by atoms with Crippen molar-refractivity contribution >= 4 is 12.1 Å². The van der Waals surface area contributed by atoms with Crippen molar-refractivity contribution in [3.63, 3.8) is 0 Å². The number of halogens is 4. The van der Waals surface area contributed by atoms with Crippen LogP contribution < -0.4 is 14.2 Å². The highest BCUT2D eigenvalue weighted by Gasteiger charge is 2.30. The number of nitrogens with zero attached hydrogens (tertiary/aromatic N) is 1. The van der Waals surface area contributed by atoms with Crippen LogP contribution in [0.3, 0.4) is 0 Å². The molecule has 0 fully saturated rings. The van der Waals surface area contributed by atoms with Crippen LogP contribution in [0.15, 0.2) is 72.8 Å². The van der Waals surface area contributed by atoms with Crippen LogP contribution in [0.2, 0.25) is 0 Å². The molecule has 12 heteroatoms. The topological polar surface area (TPSA) is 94.5 Å². The Kier molecular flexibility index (Phi) is 12.6. The van der Waals surface area contributed by atoms with Crippen molar-refractivity contribution in [3.8, 4) is 17.2 Å². The molecule has 0 saturated heterocycles. The maximum atomic E-state index is 13.1. The fraction of sp³-hybridized carbons (Fsp3) is 0.355. The number of amides is 1. The number of carboxylic acid groups (broad SMARTS) is 1. The molecule has 0 aliphatic carbocycles. The third-order valence-corrected chi connectivity index (χ3v) is 6.17. The second-order valence-electron chi connectivity index (χ2n) is 9.37. The molecule has 0 bridgehead atoms. The lowest BCUT2D eigenvalue weighted by molar-refractivity contribution is -0.150. The van der Waals surface area contributed by atoms with Crippen molar-refractivity contribution in [1.29, 1.82) is 0 Å². The molecule has 0 spiro atoms. The summed E-state index contributed by atoms with van der Waals surface area (Å²) in [5.74, 6) is -0.453. The van der Waals surface area contributed by atoms with Gasteiger partial charge in [-0.3, -0.25) is 0 Å². The van der Waals surface area contributed by atoms with Gasteiger partial charge in [-0.15, -0.1) is 0 Å². The average Bonchev–Trinajstić information content (AvgIpc) is 2.97. The highest BCUT2D eigenvalue weighted by Crippen LogP contribution is 2.30. The van der Waals surface area contributed by atoms with Crippen molar-refractivity contribution in [3.05, 3.63) is 89.7 Å². The molecule has 0 aliphatic heterocycles. The van der Waals surface area contributed by atoms with Crippen LogP contribution in [-0.2, 0) is 22.1 Å². The molecule has 1 unspecified atom stereocenters. The SMILES string of the molecule is CCOC(Cc1ccc(OCCN(CCCCOc2ccc(F)cc2)C(=O)Oc2ccc(C(F)(F)F)cc2)cc1)C(=O)O. The highest BCUT2D eigenvalue weighted by atomic mass is 19.4. The zero-order valence-electron chi connectivity index (χ0n) is 23.5. The molecular formula is C31H33F4NO7. The minimum atomic E-state index is -4.51. The number of hydrogen-bond donors (Lipinski definition) is 1. The summed E-state index contributed by atoms with van der Waals surface area (Å²) in [7, 11) is 0. The number of carbonyl (C=O) groups is 2. The predicted molar refractivity (Wildman–Crippen MR) is 149 cm³/mol. The van der Waals surface area contributed by atoms with Crippen molar-refractivity contribution in [2.45, 2.75) is 38.5 Å². The quantitative estimate of drug-likeness (QED) is 0.145. The fourth-order valence-electron chi connectivity index (χ4n) is 3.93. The molecule has 1 N–H and O–H groups in total. The van der Waals surface area contributed by atoms with Gasteiger partial charge in [0.05, 0.1) is 18.7 Å². The lowest BCUT2D eigenvalue weighted by Gasteiger charge is -2.22. The Morgan fingerprint density at radius 2 is 1.40 bits per heavy atom. The first-order chi connectivity index (χ1) is 20.5. The van der Waals surface area contributed by atoms with E-state index in [4.69, 9.17) is 18.9 Å². The van der Waals surface area contributed by atoms with Gasteiger partial charge in [-0.05, 0) is 86.0 Å². The second-order valence-corrected chi connectivity index (χ2v) is 9.37. The monoisotopic (exact) mass is 607 g/mol. The van der Waals surface area contributed by atoms with Gasteiger partial charge in [-0.25, -0.2) is 14.0 Å². The summed E-state index contributed by atoms with van der Waals surface area (Å²) in [4.78, 5) is 25.6. The van der Waals surface area contributed by atoms with Crippen molar-refractivity contribution < 1.29 is 51.2 Å². The van der Waals surface area contributed by atoms with Crippen LogP contribution in [0, 0.1) is 5.82 Å². The first kappa shape index (κ1) is 33.2. The zero-order chi connectivity index (χ0) is 31.2. The van der Waals surface area contributed by atoms with Crippen LogP contribution >= 0.6 is 0 Å². The van der Waals surface area contributed by atoms with Gasteiger partial charge in [-0.2, -0.15) is 13.2 Å². The van der Waals surface area contributed by atoms with E-state index in [2.05, 4.69) is 0 Å². The second kappa shape index (κ2) is 16.4. The maximum absolute atomic E-state index is 13.1. The molecule has 43 heavy (non-hydrogen) atoms. The normalized spacial score (nSPS) is 11.9. The Labute approximate surface area is 246 Å². The van der Waals surface area contributed by atoms with E-state index in [1.165, 1.54) is 29.2 Å². The van der Waals surface area contributed by atoms with Crippen LogP contribution in [0.1, 0.15) is 30.9 Å². The van der Waals surface area contributed by atoms with Crippen molar-refractivity contribution in [2.24, 2.45) is 0 Å². The van der Waals surface area contributed by atoms with E-state index in [1.54, 1.807) is 31.2 Å². The molecule has 3 rings (SSSR count). The molecule has 8 nitrogen and oxygen atoms in total. The molecule has 0 aliphatic rings. The van der Waals surface area contributed by atoms with Gasteiger partial charge in [0.1, 0.15) is 29.7 Å². The number of carboxylic acids is 1. The highest BCUT2D eigenvalue weighted by molar-refractivity contribution is 5.72. The number of aliphatic carboxylic acids is 1.